The van der Waals surface area contributed by atoms with Crippen LogP contribution < -0.4 is 5.69 Å². The highest BCUT2D eigenvalue weighted by atomic mass is 16.5. The molecule has 1 aliphatic heterocycles. The molecule has 1 aromatic heterocycles. The van der Waals surface area contributed by atoms with Crippen molar-refractivity contribution in [3.63, 3.8) is 0 Å². The van der Waals surface area contributed by atoms with E-state index in [0.717, 1.165) is 31.7 Å². The molecule has 1 saturated heterocycles. The molecule has 0 atom stereocenters. The molecule has 1 aliphatic rings. The number of aryl methyl sites for hydroxylation is 2. The van der Waals surface area contributed by atoms with Gasteiger partial charge in [-0.2, -0.15) is 4.98 Å². The molecule has 2 heterocycles. The first kappa shape index (κ1) is 10.4. The Labute approximate surface area is 88.9 Å². The molecular formula is C11H16N2O2. The summed E-state index contributed by atoms with van der Waals surface area (Å²) in [5.74, 6) is 0.498. The normalized spacial score (nSPS) is 18.0. The van der Waals surface area contributed by atoms with E-state index in [1.165, 1.54) is 5.56 Å². The van der Waals surface area contributed by atoms with Gasteiger partial charge in [0.1, 0.15) is 0 Å². The fraction of sp³-hybridized carbons (Fsp3) is 0.636. The summed E-state index contributed by atoms with van der Waals surface area (Å²) in [7, 11) is 1.75. The van der Waals surface area contributed by atoms with Crippen LogP contribution in [0.5, 0.6) is 0 Å². The lowest BCUT2D eigenvalue weighted by atomic mass is 9.92. The van der Waals surface area contributed by atoms with Crippen molar-refractivity contribution < 1.29 is 4.74 Å². The maximum atomic E-state index is 11.3. The lowest BCUT2D eigenvalue weighted by molar-refractivity contribution is 0.0850. The second-order valence-electron chi connectivity index (χ2n) is 4.06. The standard InChI is InChI=1S/C11H16N2O2/c1-8-10(7-13(2)11(14)12-8)9-3-5-15-6-4-9/h7,9H,3-6H2,1-2H3. The lowest BCUT2D eigenvalue weighted by Gasteiger charge is -2.23. The van der Waals surface area contributed by atoms with Crippen LogP contribution in [0.4, 0.5) is 0 Å². The molecule has 4 nitrogen and oxygen atoms in total. The molecule has 2 rings (SSSR count). The van der Waals surface area contributed by atoms with E-state index in [1.807, 2.05) is 13.1 Å². The van der Waals surface area contributed by atoms with Gasteiger partial charge in [0.25, 0.3) is 0 Å². The zero-order valence-corrected chi connectivity index (χ0v) is 9.19. The Balaban J connectivity index is 2.34. The maximum absolute atomic E-state index is 11.3. The number of rotatable bonds is 1. The Morgan fingerprint density at radius 2 is 2.13 bits per heavy atom. The third-order valence-corrected chi connectivity index (χ3v) is 2.98. The first-order valence-electron chi connectivity index (χ1n) is 5.30. The fourth-order valence-corrected chi connectivity index (χ4v) is 2.05. The van der Waals surface area contributed by atoms with Gasteiger partial charge >= 0.3 is 5.69 Å². The molecule has 15 heavy (non-hydrogen) atoms. The predicted molar refractivity (Wildman–Crippen MR) is 57.0 cm³/mol. The zero-order valence-electron chi connectivity index (χ0n) is 9.19. The van der Waals surface area contributed by atoms with Crippen molar-refractivity contribution in [2.75, 3.05) is 13.2 Å². The summed E-state index contributed by atoms with van der Waals surface area (Å²) in [6.45, 7) is 3.53. The van der Waals surface area contributed by atoms with Gasteiger partial charge in [-0.15, -0.1) is 0 Å². The van der Waals surface area contributed by atoms with Crippen molar-refractivity contribution >= 4 is 0 Å². The molecule has 1 fully saturated rings. The van der Waals surface area contributed by atoms with E-state index in [0.29, 0.717) is 5.92 Å². The Hall–Kier alpha value is -1.16. The van der Waals surface area contributed by atoms with Crippen LogP contribution >= 0.6 is 0 Å². The van der Waals surface area contributed by atoms with E-state index in [-0.39, 0.29) is 5.69 Å². The SMILES string of the molecule is Cc1nc(=O)n(C)cc1C1CCOCC1. The number of hydrogen-bond donors (Lipinski definition) is 0. The molecular weight excluding hydrogens is 192 g/mol. The first-order valence-corrected chi connectivity index (χ1v) is 5.30. The largest absolute Gasteiger partial charge is 0.381 e. The van der Waals surface area contributed by atoms with Crippen molar-refractivity contribution in [3.8, 4) is 0 Å². The molecule has 0 radical (unpaired) electrons. The topological polar surface area (TPSA) is 44.1 Å². The van der Waals surface area contributed by atoms with Crippen molar-refractivity contribution in [1.82, 2.24) is 9.55 Å². The van der Waals surface area contributed by atoms with Crippen LogP contribution in [0.3, 0.4) is 0 Å². The second kappa shape index (κ2) is 4.14. The number of aromatic nitrogens is 2. The van der Waals surface area contributed by atoms with Gasteiger partial charge in [0.15, 0.2) is 0 Å². The predicted octanol–water partition coefficient (Wildman–Crippen LogP) is 0.983. The molecule has 1 aromatic rings. The minimum atomic E-state index is -0.177. The quantitative estimate of drug-likeness (QED) is 0.691. The van der Waals surface area contributed by atoms with Gasteiger partial charge < -0.3 is 9.30 Å². The summed E-state index contributed by atoms with van der Waals surface area (Å²) in [5.41, 5.74) is 1.88. The molecule has 0 saturated carbocycles. The van der Waals surface area contributed by atoms with Gasteiger partial charge in [0.2, 0.25) is 0 Å². The Morgan fingerprint density at radius 3 is 2.80 bits per heavy atom. The van der Waals surface area contributed by atoms with Crippen LogP contribution in [-0.2, 0) is 11.8 Å². The minimum absolute atomic E-state index is 0.177. The van der Waals surface area contributed by atoms with E-state index in [4.69, 9.17) is 4.74 Å². The van der Waals surface area contributed by atoms with Gasteiger partial charge in [-0.3, -0.25) is 0 Å². The maximum Gasteiger partial charge on any atom is 0.347 e. The van der Waals surface area contributed by atoms with Crippen molar-refractivity contribution in [1.29, 1.82) is 0 Å². The van der Waals surface area contributed by atoms with Crippen molar-refractivity contribution in [2.24, 2.45) is 7.05 Å². The Morgan fingerprint density at radius 1 is 1.47 bits per heavy atom. The highest BCUT2D eigenvalue weighted by Gasteiger charge is 2.18. The van der Waals surface area contributed by atoms with E-state index < -0.39 is 0 Å². The average Bonchev–Trinajstić information content (AvgIpc) is 2.25. The van der Waals surface area contributed by atoms with Crippen LogP contribution in [-0.4, -0.2) is 22.8 Å². The van der Waals surface area contributed by atoms with Crippen LogP contribution in [0.1, 0.15) is 30.0 Å². The number of hydrogen-bond acceptors (Lipinski definition) is 3. The Kier molecular flexibility index (Phi) is 2.86. The van der Waals surface area contributed by atoms with Gasteiger partial charge in [-0.1, -0.05) is 0 Å². The molecule has 82 valence electrons. The second-order valence-corrected chi connectivity index (χ2v) is 4.06. The van der Waals surface area contributed by atoms with E-state index in [1.54, 1.807) is 11.6 Å². The fourth-order valence-electron chi connectivity index (χ4n) is 2.05. The highest BCUT2D eigenvalue weighted by Crippen LogP contribution is 2.27. The smallest absolute Gasteiger partial charge is 0.347 e. The number of ether oxygens (including phenoxy) is 1. The lowest BCUT2D eigenvalue weighted by Crippen LogP contribution is -2.24. The van der Waals surface area contributed by atoms with Crippen molar-refractivity contribution in [3.05, 3.63) is 27.9 Å². The molecule has 0 bridgehead atoms. The van der Waals surface area contributed by atoms with E-state index in [9.17, 15) is 4.79 Å². The summed E-state index contributed by atoms with van der Waals surface area (Å²) < 4.78 is 6.88. The summed E-state index contributed by atoms with van der Waals surface area (Å²) in [5, 5.41) is 0. The zero-order chi connectivity index (χ0) is 10.8. The molecule has 0 spiro atoms. The average molecular weight is 208 g/mol. The summed E-state index contributed by atoms with van der Waals surface area (Å²) in [6, 6.07) is 0. The molecule has 0 unspecified atom stereocenters. The van der Waals surface area contributed by atoms with Crippen LogP contribution in [0.2, 0.25) is 0 Å². The van der Waals surface area contributed by atoms with Crippen LogP contribution in [0.15, 0.2) is 11.0 Å². The molecule has 0 aliphatic carbocycles. The number of nitrogens with zero attached hydrogens (tertiary/aromatic N) is 2. The highest BCUT2D eigenvalue weighted by molar-refractivity contribution is 5.20. The van der Waals surface area contributed by atoms with Gasteiger partial charge in [0, 0.05) is 32.2 Å². The first-order chi connectivity index (χ1) is 7.18. The van der Waals surface area contributed by atoms with Gasteiger partial charge in [-0.25, -0.2) is 4.79 Å². The third kappa shape index (κ3) is 2.09. The van der Waals surface area contributed by atoms with E-state index >= 15 is 0 Å². The van der Waals surface area contributed by atoms with E-state index in [2.05, 4.69) is 4.98 Å². The van der Waals surface area contributed by atoms with Crippen molar-refractivity contribution in [2.45, 2.75) is 25.7 Å². The van der Waals surface area contributed by atoms with Gasteiger partial charge in [-0.05, 0) is 31.2 Å². The third-order valence-electron chi connectivity index (χ3n) is 2.98. The van der Waals surface area contributed by atoms with Crippen LogP contribution in [0, 0.1) is 6.92 Å². The molecule has 0 amide bonds. The molecule has 0 N–H and O–H groups in total. The monoisotopic (exact) mass is 208 g/mol. The molecule has 4 heteroatoms. The van der Waals surface area contributed by atoms with Gasteiger partial charge in [0.05, 0.1) is 0 Å². The Bertz CT molecular complexity index is 406. The summed E-state index contributed by atoms with van der Waals surface area (Å²) in [4.78, 5) is 15.3. The molecule has 0 aromatic carbocycles. The van der Waals surface area contributed by atoms with Crippen LogP contribution in [0.25, 0.3) is 0 Å². The summed E-state index contributed by atoms with van der Waals surface area (Å²) in [6.07, 6.45) is 3.97. The summed E-state index contributed by atoms with van der Waals surface area (Å²) >= 11 is 0. The minimum Gasteiger partial charge on any atom is -0.381 e.